The molecule has 1 aromatic carbocycles. The van der Waals surface area contributed by atoms with Gasteiger partial charge >= 0.3 is 0 Å². The maximum atomic E-state index is 12.9. The van der Waals surface area contributed by atoms with E-state index in [4.69, 9.17) is 10.00 Å². The summed E-state index contributed by atoms with van der Waals surface area (Å²) in [6.07, 6.45) is 2.01. The lowest BCUT2D eigenvalue weighted by molar-refractivity contribution is 0.309. The van der Waals surface area contributed by atoms with Crippen molar-refractivity contribution < 1.29 is 9.13 Å². The number of halogens is 1. The van der Waals surface area contributed by atoms with Crippen LogP contribution in [0.3, 0.4) is 0 Å². The van der Waals surface area contributed by atoms with Gasteiger partial charge in [-0.3, -0.25) is 0 Å². The largest absolute Gasteiger partial charge is 0.494 e. The summed E-state index contributed by atoms with van der Waals surface area (Å²) in [6, 6.07) is 5.98. The first kappa shape index (κ1) is 10.5. The maximum Gasteiger partial charge on any atom is 0.141 e. The second-order valence-corrected chi connectivity index (χ2v) is 2.96. The Kier molecular flexibility index (Phi) is 3.93. The number of nitriles is 1. The van der Waals surface area contributed by atoms with Gasteiger partial charge in [0.25, 0.3) is 0 Å². The molecule has 1 rings (SSSR count). The number of hydrogen-bond acceptors (Lipinski definition) is 2. The first-order valence-corrected chi connectivity index (χ1v) is 4.60. The van der Waals surface area contributed by atoms with Gasteiger partial charge in [0.1, 0.15) is 17.6 Å². The summed E-state index contributed by atoms with van der Waals surface area (Å²) in [5.74, 6) is 0.0479. The fraction of sp³-hybridized carbons (Fsp3) is 0.364. The highest BCUT2D eigenvalue weighted by Gasteiger charge is 2.02. The number of hydrogen-bond donors (Lipinski definition) is 0. The summed E-state index contributed by atoms with van der Waals surface area (Å²) in [7, 11) is 0. The average Bonchev–Trinajstić information content (AvgIpc) is 2.21. The average molecular weight is 193 g/mol. The minimum absolute atomic E-state index is 0.0269. The van der Waals surface area contributed by atoms with Crippen molar-refractivity contribution >= 4 is 0 Å². The van der Waals surface area contributed by atoms with Crippen LogP contribution < -0.4 is 4.74 Å². The fourth-order valence-corrected chi connectivity index (χ4v) is 1.01. The molecule has 0 aliphatic carbocycles. The Bertz CT molecular complexity index is 344. The van der Waals surface area contributed by atoms with Crippen molar-refractivity contribution in [1.82, 2.24) is 0 Å². The number of benzene rings is 1. The lowest BCUT2D eigenvalue weighted by Crippen LogP contribution is -1.97. The van der Waals surface area contributed by atoms with Crippen molar-refractivity contribution in [3.05, 3.63) is 29.6 Å². The highest BCUT2D eigenvalue weighted by Crippen LogP contribution is 2.16. The van der Waals surface area contributed by atoms with Crippen LogP contribution in [0.25, 0.3) is 0 Å². The molecule has 0 bridgehead atoms. The molecule has 0 radical (unpaired) electrons. The molecule has 3 heteroatoms. The monoisotopic (exact) mass is 193 g/mol. The zero-order valence-corrected chi connectivity index (χ0v) is 8.09. The van der Waals surface area contributed by atoms with Crippen molar-refractivity contribution in [2.24, 2.45) is 0 Å². The van der Waals surface area contributed by atoms with Crippen molar-refractivity contribution in [2.75, 3.05) is 6.61 Å². The predicted molar refractivity (Wildman–Crippen MR) is 51.5 cm³/mol. The molecule has 74 valence electrons. The molecule has 0 heterocycles. The number of ether oxygens (including phenoxy) is 1. The van der Waals surface area contributed by atoms with Gasteiger partial charge in [0, 0.05) is 6.07 Å². The Morgan fingerprint density at radius 1 is 1.50 bits per heavy atom. The molecule has 0 fully saturated rings. The Labute approximate surface area is 82.9 Å². The molecule has 2 nitrogen and oxygen atoms in total. The summed E-state index contributed by atoms with van der Waals surface area (Å²) < 4.78 is 18.2. The summed E-state index contributed by atoms with van der Waals surface area (Å²) in [6.45, 7) is 2.67. The first-order chi connectivity index (χ1) is 6.77. The van der Waals surface area contributed by atoms with Crippen molar-refractivity contribution in [3.63, 3.8) is 0 Å². The van der Waals surface area contributed by atoms with E-state index in [0.29, 0.717) is 12.4 Å². The molecule has 0 N–H and O–H groups in total. The molecule has 0 spiro atoms. The quantitative estimate of drug-likeness (QED) is 0.689. The second kappa shape index (κ2) is 5.23. The van der Waals surface area contributed by atoms with Crippen LogP contribution in [0, 0.1) is 17.1 Å². The standard InChI is InChI=1S/C11H12FNO/c1-2-3-6-14-10-4-5-11(12)9(7-10)8-13/h4-5,7H,2-3,6H2,1H3. The summed E-state index contributed by atoms with van der Waals surface area (Å²) >= 11 is 0. The fourth-order valence-electron chi connectivity index (χ4n) is 1.01. The lowest BCUT2D eigenvalue weighted by atomic mass is 10.2. The Balaban J connectivity index is 2.66. The van der Waals surface area contributed by atoms with Crippen LogP contribution in [0.2, 0.25) is 0 Å². The van der Waals surface area contributed by atoms with Gasteiger partial charge in [-0.05, 0) is 18.6 Å². The van der Waals surface area contributed by atoms with E-state index < -0.39 is 5.82 Å². The van der Waals surface area contributed by atoms with Crippen LogP contribution in [0.5, 0.6) is 5.75 Å². The molecular weight excluding hydrogens is 181 g/mol. The third kappa shape index (κ3) is 2.74. The SMILES string of the molecule is CCCCOc1ccc(F)c(C#N)c1. The van der Waals surface area contributed by atoms with E-state index in [1.807, 2.05) is 0 Å². The number of rotatable bonds is 4. The molecule has 0 aliphatic heterocycles. The summed E-state index contributed by atoms with van der Waals surface area (Å²) in [5, 5.41) is 8.57. The van der Waals surface area contributed by atoms with E-state index >= 15 is 0 Å². The molecule has 0 aliphatic rings. The van der Waals surface area contributed by atoms with Gasteiger partial charge in [0.15, 0.2) is 0 Å². The molecule has 1 aromatic rings. The third-order valence-corrected chi connectivity index (χ3v) is 1.82. The molecule has 14 heavy (non-hydrogen) atoms. The van der Waals surface area contributed by atoms with Gasteiger partial charge in [-0.15, -0.1) is 0 Å². The molecule has 0 atom stereocenters. The van der Waals surface area contributed by atoms with Crippen LogP contribution >= 0.6 is 0 Å². The van der Waals surface area contributed by atoms with Crippen molar-refractivity contribution in [3.8, 4) is 11.8 Å². The normalized spacial score (nSPS) is 9.50. The minimum Gasteiger partial charge on any atom is -0.494 e. The predicted octanol–water partition coefficient (Wildman–Crippen LogP) is 2.88. The van der Waals surface area contributed by atoms with Gasteiger partial charge in [0.05, 0.1) is 12.2 Å². The second-order valence-electron chi connectivity index (χ2n) is 2.96. The summed E-state index contributed by atoms with van der Waals surface area (Å²) in [5.41, 5.74) is 0.0269. The summed E-state index contributed by atoms with van der Waals surface area (Å²) in [4.78, 5) is 0. The van der Waals surface area contributed by atoms with E-state index in [0.717, 1.165) is 12.8 Å². The van der Waals surface area contributed by atoms with Gasteiger partial charge in [-0.1, -0.05) is 13.3 Å². The van der Waals surface area contributed by atoms with Crippen LogP contribution in [-0.2, 0) is 0 Å². The highest BCUT2D eigenvalue weighted by atomic mass is 19.1. The van der Waals surface area contributed by atoms with Crippen LogP contribution in [0.4, 0.5) is 4.39 Å². The molecule has 0 unspecified atom stereocenters. The molecular formula is C11H12FNO. The molecule has 0 saturated carbocycles. The lowest BCUT2D eigenvalue weighted by Gasteiger charge is -2.05. The maximum absolute atomic E-state index is 12.9. The zero-order valence-electron chi connectivity index (χ0n) is 8.09. The van der Waals surface area contributed by atoms with E-state index in [2.05, 4.69) is 6.92 Å². The third-order valence-electron chi connectivity index (χ3n) is 1.82. The van der Waals surface area contributed by atoms with Gasteiger partial charge in [0.2, 0.25) is 0 Å². The van der Waals surface area contributed by atoms with E-state index in [-0.39, 0.29) is 5.56 Å². The molecule has 0 saturated heterocycles. The number of nitrogens with zero attached hydrogens (tertiary/aromatic N) is 1. The Hall–Kier alpha value is -1.56. The highest BCUT2D eigenvalue weighted by molar-refractivity contribution is 5.37. The van der Waals surface area contributed by atoms with Crippen LogP contribution in [0.1, 0.15) is 25.3 Å². The zero-order chi connectivity index (χ0) is 10.4. The first-order valence-electron chi connectivity index (χ1n) is 4.60. The van der Waals surface area contributed by atoms with Gasteiger partial charge in [-0.2, -0.15) is 5.26 Å². The van der Waals surface area contributed by atoms with Crippen LogP contribution in [0.15, 0.2) is 18.2 Å². The van der Waals surface area contributed by atoms with E-state index in [1.54, 1.807) is 6.07 Å². The van der Waals surface area contributed by atoms with Gasteiger partial charge in [-0.25, -0.2) is 4.39 Å². The number of unbranched alkanes of at least 4 members (excludes halogenated alkanes) is 1. The Morgan fingerprint density at radius 3 is 2.93 bits per heavy atom. The topological polar surface area (TPSA) is 33.0 Å². The smallest absolute Gasteiger partial charge is 0.141 e. The van der Waals surface area contributed by atoms with Crippen molar-refractivity contribution in [2.45, 2.75) is 19.8 Å². The van der Waals surface area contributed by atoms with Crippen molar-refractivity contribution in [1.29, 1.82) is 5.26 Å². The molecule has 0 aromatic heterocycles. The molecule has 0 amide bonds. The van der Waals surface area contributed by atoms with E-state index in [1.165, 1.54) is 18.2 Å². The minimum atomic E-state index is -0.504. The van der Waals surface area contributed by atoms with Crippen LogP contribution in [-0.4, -0.2) is 6.61 Å². The Morgan fingerprint density at radius 2 is 2.29 bits per heavy atom. The van der Waals surface area contributed by atoms with E-state index in [9.17, 15) is 4.39 Å². The van der Waals surface area contributed by atoms with Gasteiger partial charge < -0.3 is 4.74 Å².